The van der Waals surface area contributed by atoms with Crippen LogP contribution in [0.3, 0.4) is 0 Å². The first kappa shape index (κ1) is 9.75. The van der Waals surface area contributed by atoms with E-state index in [1.165, 1.54) is 5.56 Å². The highest BCUT2D eigenvalue weighted by atomic mass is 14.7. The van der Waals surface area contributed by atoms with Crippen LogP contribution in [-0.4, -0.2) is 4.98 Å². The van der Waals surface area contributed by atoms with Crippen molar-refractivity contribution in [3.8, 4) is 0 Å². The molecule has 1 aromatic heterocycles. The van der Waals surface area contributed by atoms with E-state index in [2.05, 4.69) is 23.2 Å². The molecule has 2 atom stereocenters. The Labute approximate surface area is 94.5 Å². The Balaban J connectivity index is 2.35. The van der Waals surface area contributed by atoms with Gasteiger partial charge in [0.15, 0.2) is 0 Å². The molecule has 0 fully saturated rings. The number of pyridine rings is 1. The molecule has 1 aromatic carbocycles. The topological polar surface area (TPSA) is 64.9 Å². The van der Waals surface area contributed by atoms with E-state index in [9.17, 15) is 0 Å². The molecule has 16 heavy (non-hydrogen) atoms. The van der Waals surface area contributed by atoms with Crippen molar-refractivity contribution in [2.45, 2.75) is 24.9 Å². The molecule has 3 heteroatoms. The first-order valence-electron chi connectivity index (χ1n) is 5.66. The molecule has 0 saturated carbocycles. The summed E-state index contributed by atoms with van der Waals surface area (Å²) >= 11 is 0. The minimum atomic E-state index is 0.0772. The summed E-state index contributed by atoms with van der Waals surface area (Å²) < 4.78 is 0. The number of aromatic nitrogens is 1. The van der Waals surface area contributed by atoms with E-state index < -0.39 is 0 Å². The van der Waals surface area contributed by atoms with E-state index in [-0.39, 0.29) is 12.1 Å². The van der Waals surface area contributed by atoms with E-state index in [1.807, 2.05) is 12.3 Å². The summed E-state index contributed by atoms with van der Waals surface area (Å²) in [5.74, 6) is 0. The Morgan fingerprint density at radius 1 is 1.06 bits per heavy atom. The van der Waals surface area contributed by atoms with Crippen LogP contribution in [0.5, 0.6) is 0 Å². The second kappa shape index (κ2) is 3.54. The maximum atomic E-state index is 6.18. The van der Waals surface area contributed by atoms with Gasteiger partial charge in [-0.05, 0) is 30.0 Å². The van der Waals surface area contributed by atoms with Crippen molar-refractivity contribution in [2.75, 3.05) is 0 Å². The lowest BCUT2D eigenvalue weighted by atomic mass is 9.83. The first-order chi connectivity index (χ1) is 7.77. The zero-order chi connectivity index (χ0) is 11.1. The summed E-state index contributed by atoms with van der Waals surface area (Å²) in [6.07, 6.45) is 3.73. The standard InChI is InChI=1S/C13H15N3/c14-10-5-6-11(15)12-9(10)4-3-8-2-1-7-16-13(8)12/h1-4,7,10-11H,5-6,14-15H2/t10-,11+/m1/s1. The van der Waals surface area contributed by atoms with Gasteiger partial charge in [-0.25, -0.2) is 0 Å². The quantitative estimate of drug-likeness (QED) is 0.703. The van der Waals surface area contributed by atoms with Crippen LogP contribution >= 0.6 is 0 Å². The fourth-order valence-electron chi connectivity index (χ4n) is 2.56. The lowest BCUT2D eigenvalue weighted by Crippen LogP contribution is -2.25. The molecule has 0 aliphatic heterocycles. The SMILES string of the molecule is N[C@@H]1CC[C@H](N)c2c1ccc1cccnc21. The second-order valence-corrected chi connectivity index (χ2v) is 4.43. The first-order valence-corrected chi connectivity index (χ1v) is 5.66. The van der Waals surface area contributed by atoms with E-state index in [0.717, 1.165) is 29.3 Å². The van der Waals surface area contributed by atoms with Gasteiger partial charge in [-0.15, -0.1) is 0 Å². The Morgan fingerprint density at radius 2 is 1.88 bits per heavy atom. The van der Waals surface area contributed by atoms with Crippen LogP contribution in [0.15, 0.2) is 30.5 Å². The molecule has 1 heterocycles. The van der Waals surface area contributed by atoms with Crippen LogP contribution in [0.4, 0.5) is 0 Å². The molecule has 1 aliphatic rings. The van der Waals surface area contributed by atoms with Crippen molar-refractivity contribution >= 4 is 10.9 Å². The van der Waals surface area contributed by atoms with Crippen LogP contribution in [0.25, 0.3) is 10.9 Å². The van der Waals surface area contributed by atoms with Crippen LogP contribution in [0.1, 0.15) is 36.1 Å². The van der Waals surface area contributed by atoms with Gasteiger partial charge in [-0.1, -0.05) is 18.2 Å². The Bertz CT molecular complexity index is 536. The van der Waals surface area contributed by atoms with Crippen molar-refractivity contribution in [3.05, 3.63) is 41.6 Å². The maximum Gasteiger partial charge on any atom is 0.0752 e. The van der Waals surface area contributed by atoms with E-state index >= 15 is 0 Å². The van der Waals surface area contributed by atoms with Gasteiger partial charge in [0.25, 0.3) is 0 Å². The van der Waals surface area contributed by atoms with E-state index in [4.69, 9.17) is 11.5 Å². The smallest absolute Gasteiger partial charge is 0.0752 e. The van der Waals surface area contributed by atoms with Crippen LogP contribution in [-0.2, 0) is 0 Å². The molecule has 1 aliphatic carbocycles. The van der Waals surface area contributed by atoms with Gasteiger partial charge in [0.1, 0.15) is 0 Å². The largest absolute Gasteiger partial charge is 0.324 e. The number of rotatable bonds is 0. The maximum absolute atomic E-state index is 6.18. The highest BCUT2D eigenvalue weighted by Gasteiger charge is 2.24. The highest BCUT2D eigenvalue weighted by Crippen LogP contribution is 2.37. The molecule has 0 spiro atoms. The van der Waals surface area contributed by atoms with Gasteiger partial charge in [0.05, 0.1) is 5.52 Å². The van der Waals surface area contributed by atoms with Crippen LogP contribution < -0.4 is 11.5 Å². The van der Waals surface area contributed by atoms with Crippen LogP contribution in [0, 0.1) is 0 Å². The Morgan fingerprint density at radius 3 is 2.75 bits per heavy atom. The fraction of sp³-hybridized carbons (Fsp3) is 0.308. The van der Waals surface area contributed by atoms with Crippen molar-refractivity contribution in [1.29, 1.82) is 0 Å². The molecule has 0 bridgehead atoms. The number of nitrogens with zero attached hydrogens (tertiary/aromatic N) is 1. The van der Waals surface area contributed by atoms with Gasteiger partial charge in [-0.3, -0.25) is 4.98 Å². The summed E-state index contributed by atoms with van der Waals surface area (Å²) in [6, 6.07) is 8.38. The normalized spacial score (nSPS) is 24.4. The average Bonchev–Trinajstić information content (AvgIpc) is 2.33. The van der Waals surface area contributed by atoms with Crippen LogP contribution in [0.2, 0.25) is 0 Å². The number of hydrogen-bond donors (Lipinski definition) is 2. The molecule has 0 saturated heterocycles. The van der Waals surface area contributed by atoms with E-state index in [1.54, 1.807) is 0 Å². The fourth-order valence-corrected chi connectivity index (χ4v) is 2.56. The Kier molecular flexibility index (Phi) is 2.16. The molecule has 0 unspecified atom stereocenters. The van der Waals surface area contributed by atoms with Gasteiger partial charge >= 0.3 is 0 Å². The lowest BCUT2D eigenvalue weighted by molar-refractivity contribution is 0.503. The summed E-state index contributed by atoms with van der Waals surface area (Å²) in [6.45, 7) is 0. The molecule has 2 aromatic rings. The number of nitrogens with two attached hydrogens (primary N) is 2. The summed E-state index contributed by atoms with van der Waals surface area (Å²) in [4.78, 5) is 4.44. The monoisotopic (exact) mass is 213 g/mol. The van der Waals surface area contributed by atoms with Crippen molar-refractivity contribution in [2.24, 2.45) is 11.5 Å². The number of fused-ring (bicyclic) bond motifs is 3. The zero-order valence-corrected chi connectivity index (χ0v) is 9.06. The van der Waals surface area contributed by atoms with Crippen molar-refractivity contribution in [3.63, 3.8) is 0 Å². The molecule has 3 nitrogen and oxygen atoms in total. The minimum Gasteiger partial charge on any atom is -0.324 e. The molecule has 82 valence electrons. The summed E-state index contributed by atoms with van der Waals surface area (Å²) in [7, 11) is 0. The third-order valence-electron chi connectivity index (χ3n) is 3.41. The third-order valence-corrected chi connectivity index (χ3v) is 3.41. The average molecular weight is 213 g/mol. The predicted molar refractivity (Wildman–Crippen MR) is 64.8 cm³/mol. The van der Waals surface area contributed by atoms with Crippen molar-refractivity contribution < 1.29 is 0 Å². The van der Waals surface area contributed by atoms with Crippen molar-refractivity contribution in [1.82, 2.24) is 4.98 Å². The van der Waals surface area contributed by atoms with Gasteiger partial charge < -0.3 is 11.5 Å². The lowest BCUT2D eigenvalue weighted by Gasteiger charge is -2.27. The van der Waals surface area contributed by atoms with Gasteiger partial charge in [0.2, 0.25) is 0 Å². The highest BCUT2D eigenvalue weighted by molar-refractivity contribution is 5.83. The van der Waals surface area contributed by atoms with Gasteiger partial charge in [0, 0.05) is 23.7 Å². The zero-order valence-electron chi connectivity index (χ0n) is 9.06. The molecular weight excluding hydrogens is 198 g/mol. The number of benzene rings is 1. The molecule has 4 N–H and O–H groups in total. The number of hydrogen-bond acceptors (Lipinski definition) is 3. The minimum absolute atomic E-state index is 0.0772. The molecule has 0 amide bonds. The predicted octanol–water partition coefficient (Wildman–Crippen LogP) is 2.03. The Hall–Kier alpha value is -1.45. The molecular formula is C13H15N3. The summed E-state index contributed by atoms with van der Waals surface area (Å²) in [5.41, 5.74) is 15.6. The van der Waals surface area contributed by atoms with Gasteiger partial charge in [-0.2, -0.15) is 0 Å². The summed E-state index contributed by atoms with van der Waals surface area (Å²) in [5, 5.41) is 1.14. The third kappa shape index (κ3) is 1.32. The second-order valence-electron chi connectivity index (χ2n) is 4.43. The molecule has 0 radical (unpaired) electrons. The molecule has 3 rings (SSSR count). The van der Waals surface area contributed by atoms with E-state index in [0.29, 0.717) is 0 Å².